The second-order valence-electron chi connectivity index (χ2n) is 4.87. The lowest BCUT2D eigenvalue weighted by atomic mass is 9.91. The monoisotopic (exact) mass is 292 g/mol. The summed E-state index contributed by atoms with van der Waals surface area (Å²) in [5.74, 6) is 0.727. The van der Waals surface area contributed by atoms with E-state index in [9.17, 15) is 0 Å². The van der Waals surface area contributed by atoms with E-state index in [0.29, 0.717) is 5.69 Å². The summed E-state index contributed by atoms with van der Waals surface area (Å²) in [6, 6.07) is 4.21. The molecule has 2 aromatic rings. The first kappa shape index (κ1) is 13.9. The highest BCUT2D eigenvalue weighted by atomic mass is 32.1. The Bertz CT molecular complexity index is 547. The summed E-state index contributed by atoms with van der Waals surface area (Å²) in [5.41, 5.74) is 6.07. The smallest absolute Gasteiger partial charge is 0.144 e. The lowest BCUT2D eigenvalue weighted by Gasteiger charge is -2.23. The molecule has 100 valence electrons. The molecule has 0 spiro atoms. The van der Waals surface area contributed by atoms with Crippen molar-refractivity contribution in [3.05, 3.63) is 40.5 Å². The summed E-state index contributed by atoms with van der Waals surface area (Å²) in [4.78, 5) is 10.0. The minimum atomic E-state index is 0.0533. The van der Waals surface area contributed by atoms with Crippen LogP contribution in [0, 0.1) is 0 Å². The van der Waals surface area contributed by atoms with Crippen molar-refractivity contribution in [2.24, 2.45) is 5.73 Å². The summed E-state index contributed by atoms with van der Waals surface area (Å²) in [6.07, 6.45) is 3.24. The zero-order valence-corrected chi connectivity index (χ0v) is 12.5. The average molecular weight is 292 g/mol. The molecule has 0 radical (unpaired) electrons. The van der Waals surface area contributed by atoms with Gasteiger partial charge in [-0.3, -0.25) is 0 Å². The maximum atomic E-state index is 5.48. The fourth-order valence-electron chi connectivity index (χ4n) is 1.61. The van der Waals surface area contributed by atoms with Crippen LogP contribution in [0.15, 0.2) is 29.9 Å². The molecule has 0 saturated heterocycles. The molecule has 0 bridgehead atoms. The highest BCUT2D eigenvalue weighted by Crippen LogP contribution is 2.27. The third-order valence-electron chi connectivity index (χ3n) is 2.80. The van der Waals surface area contributed by atoms with Gasteiger partial charge in [0.25, 0.3) is 0 Å². The molecule has 0 aliphatic heterocycles. The van der Waals surface area contributed by atoms with Gasteiger partial charge in [0.1, 0.15) is 16.5 Å². The van der Waals surface area contributed by atoms with E-state index in [-0.39, 0.29) is 10.4 Å². The van der Waals surface area contributed by atoms with Gasteiger partial charge in [0.2, 0.25) is 0 Å². The molecule has 0 unspecified atom stereocenters. The van der Waals surface area contributed by atoms with Gasteiger partial charge in [-0.05, 0) is 11.4 Å². The van der Waals surface area contributed by atoms with Crippen molar-refractivity contribution in [1.82, 2.24) is 9.97 Å². The number of nitrogens with one attached hydrogen (secondary N) is 1. The summed E-state index contributed by atoms with van der Waals surface area (Å²) < 4.78 is 0. The van der Waals surface area contributed by atoms with Crippen molar-refractivity contribution in [3.8, 4) is 0 Å². The summed E-state index contributed by atoms with van der Waals surface area (Å²) in [7, 11) is 0. The van der Waals surface area contributed by atoms with Gasteiger partial charge in [0.05, 0.1) is 12.4 Å². The molecular weight excluding hydrogens is 276 g/mol. The van der Waals surface area contributed by atoms with E-state index in [1.54, 1.807) is 23.7 Å². The Balaban J connectivity index is 2.00. The Morgan fingerprint density at radius 1 is 1.42 bits per heavy atom. The van der Waals surface area contributed by atoms with Crippen LogP contribution < -0.4 is 11.1 Å². The predicted molar refractivity (Wildman–Crippen MR) is 83.8 cm³/mol. The highest BCUT2D eigenvalue weighted by Gasteiger charge is 2.21. The van der Waals surface area contributed by atoms with Crippen molar-refractivity contribution in [3.63, 3.8) is 0 Å². The third kappa shape index (κ3) is 3.48. The number of anilines is 1. The van der Waals surface area contributed by atoms with Crippen molar-refractivity contribution in [2.45, 2.75) is 19.3 Å². The summed E-state index contributed by atoms with van der Waals surface area (Å²) >= 11 is 6.60. The number of nitrogens with zero attached hydrogens (tertiary/aromatic N) is 2. The molecule has 0 amide bonds. The third-order valence-corrected chi connectivity index (χ3v) is 4.25. The maximum Gasteiger partial charge on any atom is 0.144 e. The number of hydrogen-bond acceptors (Lipinski definition) is 5. The van der Waals surface area contributed by atoms with E-state index in [2.05, 4.69) is 46.6 Å². The van der Waals surface area contributed by atoms with Gasteiger partial charge in [-0.25, -0.2) is 9.97 Å². The first-order chi connectivity index (χ1) is 8.99. The van der Waals surface area contributed by atoms with Gasteiger partial charge in [0, 0.05) is 16.8 Å². The van der Waals surface area contributed by atoms with Crippen LogP contribution in [0.5, 0.6) is 0 Å². The lowest BCUT2D eigenvalue weighted by Crippen LogP contribution is -2.27. The van der Waals surface area contributed by atoms with Crippen LogP contribution in [0.3, 0.4) is 0 Å². The second-order valence-corrected chi connectivity index (χ2v) is 6.25. The van der Waals surface area contributed by atoms with Crippen LogP contribution in [0.4, 0.5) is 5.82 Å². The standard InChI is InChI=1S/C13H16N4S2/c1-13(2,10-4-3-5-19-10)8-17-11-7-15-9(6-16-11)12(14)18/h3-7H,8H2,1-2H3,(H2,14,18)(H,16,17). The number of hydrogen-bond donors (Lipinski definition) is 2. The molecular formula is C13H16N4S2. The zero-order chi connectivity index (χ0) is 13.9. The Morgan fingerprint density at radius 3 is 2.74 bits per heavy atom. The van der Waals surface area contributed by atoms with Gasteiger partial charge in [-0.1, -0.05) is 32.1 Å². The minimum absolute atomic E-state index is 0.0533. The molecule has 0 aliphatic rings. The first-order valence-electron chi connectivity index (χ1n) is 5.89. The van der Waals surface area contributed by atoms with Crippen molar-refractivity contribution in [2.75, 3.05) is 11.9 Å². The number of aromatic nitrogens is 2. The van der Waals surface area contributed by atoms with Crippen LogP contribution in [0.1, 0.15) is 24.4 Å². The molecule has 0 saturated carbocycles. The van der Waals surface area contributed by atoms with E-state index in [4.69, 9.17) is 18.0 Å². The Hall–Kier alpha value is -1.53. The maximum absolute atomic E-state index is 5.48. The highest BCUT2D eigenvalue weighted by molar-refractivity contribution is 7.80. The molecule has 0 aliphatic carbocycles. The molecule has 2 rings (SSSR count). The van der Waals surface area contributed by atoms with Gasteiger partial charge >= 0.3 is 0 Å². The second kappa shape index (κ2) is 5.63. The fraction of sp³-hybridized carbons (Fsp3) is 0.308. The van der Waals surface area contributed by atoms with Crippen LogP contribution >= 0.6 is 23.6 Å². The van der Waals surface area contributed by atoms with Gasteiger partial charge < -0.3 is 11.1 Å². The molecule has 0 fully saturated rings. The van der Waals surface area contributed by atoms with E-state index in [1.807, 2.05) is 0 Å². The van der Waals surface area contributed by atoms with Crippen LogP contribution in [0.2, 0.25) is 0 Å². The van der Waals surface area contributed by atoms with Gasteiger partial charge in [0.15, 0.2) is 0 Å². The van der Waals surface area contributed by atoms with Crippen LogP contribution in [0.25, 0.3) is 0 Å². The Labute approximate surface area is 122 Å². The zero-order valence-electron chi connectivity index (χ0n) is 10.9. The summed E-state index contributed by atoms with van der Waals surface area (Å²) in [6.45, 7) is 5.18. The van der Waals surface area contributed by atoms with Crippen LogP contribution in [-0.4, -0.2) is 21.5 Å². The topological polar surface area (TPSA) is 63.8 Å². The predicted octanol–water partition coefficient (Wildman–Crippen LogP) is 2.56. The number of rotatable bonds is 5. The number of nitrogens with two attached hydrogens (primary N) is 1. The largest absolute Gasteiger partial charge is 0.388 e. The van der Waals surface area contributed by atoms with E-state index >= 15 is 0 Å². The molecule has 4 nitrogen and oxygen atoms in total. The molecule has 0 aromatic carbocycles. The average Bonchev–Trinajstić information content (AvgIpc) is 2.91. The molecule has 19 heavy (non-hydrogen) atoms. The molecule has 0 atom stereocenters. The Kier molecular flexibility index (Phi) is 4.11. The molecule has 2 heterocycles. The lowest BCUT2D eigenvalue weighted by molar-refractivity contribution is 0.568. The molecule has 6 heteroatoms. The van der Waals surface area contributed by atoms with E-state index in [1.165, 1.54) is 4.88 Å². The normalized spacial score (nSPS) is 11.3. The summed E-state index contributed by atoms with van der Waals surface area (Å²) in [5, 5.41) is 5.38. The van der Waals surface area contributed by atoms with E-state index in [0.717, 1.165) is 12.4 Å². The van der Waals surface area contributed by atoms with Gasteiger partial charge in [-0.15, -0.1) is 11.3 Å². The van der Waals surface area contributed by atoms with Crippen molar-refractivity contribution >= 4 is 34.4 Å². The minimum Gasteiger partial charge on any atom is -0.388 e. The fourth-order valence-corrected chi connectivity index (χ4v) is 2.57. The van der Waals surface area contributed by atoms with E-state index < -0.39 is 0 Å². The molecule has 3 N–H and O–H groups in total. The van der Waals surface area contributed by atoms with Crippen molar-refractivity contribution < 1.29 is 0 Å². The quantitative estimate of drug-likeness (QED) is 0.829. The number of thiocarbonyl (C=S) groups is 1. The number of thiophene rings is 1. The SMILES string of the molecule is CC(C)(CNc1cnc(C(N)=S)cn1)c1cccs1. The van der Waals surface area contributed by atoms with Crippen molar-refractivity contribution in [1.29, 1.82) is 0 Å². The van der Waals surface area contributed by atoms with Gasteiger partial charge in [-0.2, -0.15) is 0 Å². The first-order valence-corrected chi connectivity index (χ1v) is 7.17. The molecule has 2 aromatic heterocycles. The van der Waals surface area contributed by atoms with Crippen LogP contribution in [-0.2, 0) is 5.41 Å². The Morgan fingerprint density at radius 2 is 2.21 bits per heavy atom.